The molecule has 0 radical (unpaired) electrons. The zero-order chi connectivity index (χ0) is 17.9. The van der Waals surface area contributed by atoms with Gasteiger partial charge in [-0.1, -0.05) is 46.3 Å². The van der Waals surface area contributed by atoms with Crippen molar-refractivity contribution in [1.29, 1.82) is 0 Å². The molecular formula is C20H21BrN2O3. The van der Waals surface area contributed by atoms with Crippen molar-refractivity contribution in [3.8, 4) is 5.75 Å². The molecule has 0 spiro atoms. The van der Waals surface area contributed by atoms with Gasteiger partial charge in [0, 0.05) is 24.1 Å². The Morgan fingerprint density at radius 3 is 2.62 bits per heavy atom. The Bertz CT molecular complexity index is 792. The molecule has 2 heterocycles. The summed E-state index contributed by atoms with van der Waals surface area (Å²) in [6.45, 7) is 3.70. The van der Waals surface area contributed by atoms with Crippen molar-refractivity contribution in [2.24, 2.45) is 0 Å². The lowest BCUT2D eigenvalue weighted by Gasteiger charge is -2.38. The van der Waals surface area contributed by atoms with E-state index in [4.69, 9.17) is 9.47 Å². The highest BCUT2D eigenvalue weighted by molar-refractivity contribution is 9.10. The summed E-state index contributed by atoms with van der Waals surface area (Å²) in [5, 5.41) is 0. The SMILES string of the molecule is O=C([C@@H]1CN(Cc2ccccc2Br)c2ccccc2O1)N1CCOCC1. The fraction of sp³-hybridized carbons (Fsp3) is 0.350. The standard InChI is InChI=1S/C20H21BrN2O3/c21-16-6-2-1-5-15(16)13-23-14-19(20(24)22-9-11-25-12-10-22)26-18-8-4-3-7-17(18)23/h1-8,19H,9-14H2/t19-/m0/s1. The summed E-state index contributed by atoms with van der Waals surface area (Å²) in [6, 6.07) is 16.1. The number of halogens is 1. The number of benzene rings is 2. The van der Waals surface area contributed by atoms with Crippen LogP contribution in [0.4, 0.5) is 5.69 Å². The molecule has 6 heteroatoms. The predicted molar refractivity (Wildman–Crippen MR) is 103 cm³/mol. The van der Waals surface area contributed by atoms with Crippen LogP contribution in [0.15, 0.2) is 53.0 Å². The van der Waals surface area contributed by atoms with Gasteiger partial charge in [-0.25, -0.2) is 0 Å². The molecule has 2 aliphatic heterocycles. The van der Waals surface area contributed by atoms with Gasteiger partial charge in [0.15, 0.2) is 6.10 Å². The van der Waals surface area contributed by atoms with E-state index in [2.05, 4.69) is 26.9 Å². The summed E-state index contributed by atoms with van der Waals surface area (Å²) in [7, 11) is 0. The zero-order valence-electron chi connectivity index (χ0n) is 14.4. The third-order valence-electron chi connectivity index (χ3n) is 4.78. The molecule has 1 amide bonds. The molecule has 0 unspecified atom stereocenters. The number of hydrogen-bond acceptors (Lipinski definition) is 4. The number of morpholine rings is 1. The lowest BCUT2D eigenvalue weighted by Crippen LogP contribution is -2.52. The van der Waals surface area contributed by atoms with E-state index in [0.29, 0.717) is 39.4 Å². The fourth-order valence-electron chi connectivity index (χ4n) is 3.40. The van der Waals surface area contributed by atoms with E-state index < -0.39 is 6.10 Å². The molecule has 136 valence electrons. The summed E-state index contributed by atoms with van der Waals surface area (Å²) in [5.41, 5.74) is 2.20. The molecule has 2 aromatic rings. The number of anilines is 1. The molecule has 5 nitrogen and oxygen atoms in total. The Morgan fingerprint density at radius 1 is 1.08 bits per heavy atom. The molecule has 1 saturated heterocycles. The topological polar surface area (TPSA) is 42.0 Å². The van der Waals surface area contributed by atoms with E-state index in [1.807, 2.05) is 47.4 Å². The fourth-order valence-corrected chi connectivity index (χ4v) is 3.82. The van der Waals surface area contributed by atoms with Crippen molar-refractivity contribution in [3.05, 3.63) is 58.6 Å². The van der Waals surface area contributed by atoms with Crippen molar-refractivity contribution in [1.82, 2.24) is 4.90 Å². The second kappa shape index (κ2) is 7.68. The second-order valence-electron chi connectivity index (χ2n) is 6.48. The number of amides is 1. The van der Waals surface area contributed by atoms with Gasteiger partial charge >= 0.3 is 0 Å². The summed E-state index contributed by atoms with van der Waals surface area (Å²) < 4.78 is 12.5. The van der Waals surface area contributed by atoms with Crippen LogP contribution in [-0.4, -0.2) is 49.8 Å². The molecule has 26 heavy (non-hydrogen) atoms. The third kappa shape index (κ3) is 3.57. The summed E-state index contributed by atoms with van der Waals surface area (Å²) in [5.74, 6) is 0.803. The third-order valence-corrected chi connectivity index (χ3v) is 5.55. The molecule has 0 saturated carbocycles. The molecule has 0 aromatic heterocycles. The number of hydrogen-bond donors (Lipinski definition) is 0. The maximum atomic E-state index is 12.9. The minimum Gasteiger partial charge on any atom is -0.477 e. The van der Waals surface area contributed by atoms with Gasteiger partial charge in [-0.05, 0) is 23.8 Å². The number of carbonyl (C=O) groups excluding carboxylic acids is 1. The first-order valence-electron chi connectivity index (χ1n) is 8.83. The molecule has 2 aliphatic rings. The number of carbonyl (C=O) groups is 1. The van der Waals surface area contributed by atoms with E-state index in [1.165, 1.54) is 5.56 Å². The summed E-state index contributed by atoms with van der Waals surface area (Å²) >= 11 is 3.62. The van der Waals surface area contributed by atoms with Crippen LogP contribution in [-0.2, 0) is 16.1 Å². The zero-order valence-corrected chi connectivity index (χ0v) is 16.0. The minimum absolute atomic E-state index is 0.0416. The van der Waals surface area contributed by atoms with Crippen LogP contribution in [0.2, 0.25) is 0 Å². The van der Waals surface area contributed by atoms with Crippen molar-refractivity contribution < 1.29 is 14.3 Å². The highest BCUT2D eigenvalue weighted by atomic mass is 79.9. The summed E-state index contributed by atoms with van der Waals surface area (Å²) in [4.78, 5) is 17.0. The lowest BCUT2D eigenvalue weighted by molar-refractivity contribution is -0.142. The lowest BCUT2D eigenvalue weighted by atomic mass is 10.1. The van der Waals surface area contributed by atoms with Crippen LogP contribution in [0.3, 0.4) is 0 Å². The maximum Gasteiger partial charge on any atom is 0.265 e. The quantitative estimate of drug-likeness (QED) is 0.770. The predicted octanol–water partition coefficient (Wildman–Crippen LogP) is 3.08. The van der Waals surface area contributed by atoms with Crippen molar-refractivity contribution >= 4 is 27.5 Å². The molecule has 0 bridgehead atoms. The van der Waals surface area contributed by atoms with E-state index in [1.54, 1.807) is 0 Å². The second-order valence-corrected chi connectivity index (χ2v) is 7.34. The molecular weight excluding hydrogens is 396 g/mol. The molecule has 0 N–H and O–H groups in total. The van der Waals surface area contributed by atoms with Gasteiger partial charge in [-0.2, -0.15) is 0 Å². The van der Waals surface area contributed by atoms with Gasteiger partial charge in [-0.15, -0.1) is 0 Å². The number of para-hydroxylation sites is 2. The van der Waals surface area contributed by atoms with Crippen LogP contribution < -0.4 is 9.64 Å². The Kier molecular flexibility index (Phi) is 5.13. The van der Waals surface area contributed by atoms with E-state index in [9.17, 15) is 4.79 Å². The molecule has 1 fully saturated rings. The largest absolute Gasteiger partial charge is 0.477 e. The Hall–Kier alpha value is -2.05. The Labute approximate surface area is 161 Å². The summed E-state index contributed by atoms with van der Waals surface area (Å²) in [6.07, 6.45) is -0.495. The Balaban J connectivity index is 1.58. The van der Waals surface area contributed by atoms with Crippen LogP contribution in [0.1, 0.15) is 5.56 Å². The number of ether oxygens (including phenoxy) is 2. The smallest absolute Gasteiger partial charge is 0.265 e. The van der Waals surface area contributed by atoms with Crippen molar-refractivity contribution in [2.75, 3.05) is 37.7 Å². The van der Waals surface area contributed by atoms with Gasteiger partial charge in [0.05, 0.1) is 25.4 Å². The maximum absolute atomic E-state index is 12.9. The molecule has 4 rings (SSSR count). The van der Waals surface area contributed by atoms with Crippen molar-refractivity contribution in [3.63, 3.8) is 0 Å². The number of fused-ring (bicyclic) bond motifs is 1. The van der Waals surface area contributed by atoms with Crippen LogP contribution >= 0.6 is 15.9 Å². The normalized spacial score (nSPS) is 19.7. The van der Waals surface area contributed by atoms with Gasteiger partial charge in [-0.3, -0.25) is 4.79 Å². The molecule has 1 atom stereocenters. The van der Waals surface area contributed by atoms with Gasteiger partial charge < -0.3 is 19.3 Å². The molecule has 0 aliphatic carbocycles. The van der Waals surface area contributed by atoms with E-state index in [0.717, 1.165) is 15.9 Å². The highest BCUT2D eigenvalue weighted by Crippen LogP contribution is 2.35. The first-order chi connectivity index (χ1) is 12.7. The van der Waals surface area contributed by atoms with E-state index >= 15 is 0 Å². The minimum atomic E-state index is -0.495. The van der Waals surface area contributed by atoms with Gasteiger partial charge in [0.1, 0.15) is 5.75 Å². The van der Waals surface area contributed by atoms with Gasteiger partial charge in [0.25, 0.3) is 5.91 Å². The Morgan fingerprint density at radius 2 is 1.81 bits per heavy atom. The van der Waals surface area contributed by atoms with Crippen LogP contribution in [0, 0.1) is 0 Å². The first kappa shape index (κ1) is 17.4. The van der Waals surface area contributed by atoms with Crippen LogP contribution in [0.25, 0.3) is 0 Å². The van der Waals surface area contributed by atoms with Gasteiger partial charge in [0.2, 0.25) is 0 Å². The first-order valence-corrected chi connectivity index (χ1v) is 9.62. The number of rotatable bonds is 3. The van der Waals surface area contributed by atoms with Crippen LogP contribution in [0.5, 0.6) is 5.75 Å². The van der Waals surface area contributed by atoms with E-state index in [-0.39, 0.29) is 5.91 Å². The average Bonchev–Trinajstić information content (AvgIpc) is 2.69. The van der Waals surface area contributed by atoms with Crippen molar-refractivity contribution in [2.45, 2.75) is 12.6 Å². The highest BCUT2D eigenvalue weighted by Gasteiger charge is 2.34. The number of nitrogens with zero attached hydrogens (tertiary/aromatic N) is 2. The monoisotopic (exact) mass is 416 g/mol. The molecule has 2 aromatic carbocycles. The average molecular weight is 417 g/mol.